The molecule has 1 amide bonds. The van der Waals surface area contributed by atoms with Gasteiger partial charge in [-0.15, -0.1) is 5.10 Å². The molecular weight excluding hydrogens is 527 g/mol. The lowest BCUT2D eigenvalue weighted by molar-refractivity contribution is -0.137. The van der Waals surface area contributed by atoms with E-state index in [1.165, 1.54) is 21.7 Å². The fourth-order valence-corrected chi connectivity index (χ4v) is 4.45. The highest BCUT2D eigenvalue weighted by atomic mass is 19.4. The van der Waals surface area contributed by atoms with E-state index >= 15 is 0 Å². The average Bonchev–Trinajstić information content (AvgIpc) is 3.71. The van der Waals surface area contributed by atoms with Gasteiger partial charge in [-0.05, 0) is 36.8 Å². The third kappa shape index (κ3) is 4.09. The molecule has 0 aliphatic heterocycles. The average molecular weight is 548 g/mol. The SMILES string of the molecule is CC(C(=O)NCc1cc(C(F)(F)F)ccn1)(c1ccccc1)n1ncc2c1nc(N)n1nc(-c3ccco3)nc21. The predicted octanol–water partition coefficient (Wildman–Crippen LogP) is 3.81. The third-order valence-electron chi connectivity index (χ3n) is 6.55. The molecule has 5 heterocycles. The van der Waals surface area contributed by atoms with E-state index in [2.05, 4.69) is 30.5 Å². The molecule has 1 unspecified atom stereocenters. The van der Waals surface area contributed by atoms with Crippen LogP contribution < -0.4 is 11.1 Å². The maximum Gasteiger partial charge on any atom is 0.416 e. The number of anilines is 1. The van der Waals surface area contributed by atoms with Gasteiger partial charge in [0.15, 0.2) is 22.6 Å². The molecule has 0 bridgehead atoms. The molecule has 202 valence electrons. The number of pyridine rings is 1. The number of nitrogens with two attached hydrogens (primary N) is 1. The topological polar surface area (TPSA) is 142 Å². The molecule has 0 aliphatic rings. The summed E-state index contributed by atoms with van der Waals surface area (Å²) in [4.78, 5) is 26.8. The van der Waals surface area contributed by atoms with Crippen molar-refractivity contribution >= 4 is 28.5 Å². The number of hydrogen-bond acceptors (Lipinski definition) is 8. The second kappa shape index (κ2) is 9.18. The number of aromatic nitrogens is 7. The Morgan fingerprint density at radius 3 is 2.58 bits per heavy atom. The van der Waals surface area contributed by atoms with Crippen molar-refractivity contribution in [3.05, 3.63) is 90.1 Å². The Morgan fingerprint density at radius 1 is 1.05 bits per heavy atom. The molecule has 1 aromatic carbocycles. The van der Waals surface area contributed by atoms with E-state index in [9.17, 15) is 18.0 Å². The molecule has 0 radical (unpaired) electrons. The van der Waals surface area contributed by atoms with Gasteiger partial charge in [0.05, 0.1) is 35.6 Å². The van der Waals surface area contributed by atoms with Crippen molar-refractivity contribution in [1.82, 2.24) is 39.7 Å². The zero-order valence-corrected chi connectivity index (χ0v) is 20.8. The Bertz CT molecular complexity index is 1850. The molecule has 6 aromatic rings. The highest BCUT2D eigenvalue weighted by molar-refractivity contribution is 5.94. The number of rotatable bonds is 6. The maximum atomic E-state index is 13.8. The number of nitrogens with zero attached hydrogens (tertiary/aromatic N) is 7. The Morgan fingerprint density at radius 2 is 1.85 bits per heavy atom. The van der Waals surface area contributed by atoms with Gasteiger partial charge in [-0.3, -0.25) is 9.78 Å². The van der Waals surface area contributed by atoms with Gasteiger partial charge in [0, 0.05) is 6.20 Å². The fraction of sp³-hybridized carbons (Fsp3) is 0.154. The van der Waals surface area contributed by atoms with Crippen LogP contribution in [0.5, 0.6) is 0 Å². The number of nitrogens with one attached hydrogen (secondary N) is 1. The first-order valence-corrected chi connectivity index (χ1v) is 12.0. The molecular formula is C26H20F3N9O2. The second-order valence-corrected chi connectivity index (χ2v) is 9.07. The van der Waals surface area contributed by atoms with Crippen LogP contribution in [0.15, 0.2) is 77.7 Å². The molecule has 40 heavy (non-hydrogen) atoms. The van der Waals surface area contributed by atoms with E-state index in [0.717, 1.165) is 18.3 Å². The summed E-state index contributed by atoms with van der Waals surface area (Å²) in [5.74, 6) is 0.163. The van der Waals surface area contributed by atoms with Crippen LogP contribution in [-0.2, 0) is 23.1 Å². The molecule has 3 N–H and O–H groups in total. The van der Waals surface area contributed by atoms with Crippen molar-refractivity contribution in [3.63, 3.8) is 0 Å². The highest BCUT2D eigenvalue weighted by Crippen LogP contribution is 2.32. The summed E-state index contributed by atoms with van der Waals surface area (Å²) in [7, 11) is 0. The van der Waals surface area contributed by atoms with Crippen LogP contribution in [0.4, 0.5) is 19.1 Å². The highest BCUT2D eigenvalue weighted by Gasteiger charge is 2.40. The molecule has 6 rings (SSSR count). The Hall–Kier alpha value is -5.27. The molecule has 0 saturated carbocycles. The smallest absolute Gasteiger partial charge is 0.416 e. The number of alkyl halides is 3. The minimum Gasteiger partial charge on any atom is -0.461 e. The Labute approximate surface area is 223 Å². The number of nitrogen functional groups attached to an aromatic ring is 1. The van der Waals surface area contributed by atoms with Crippen LogP contribution in [0.25, 0.3) is 28.3 Å². The number of hydrogen-bond donors (Lipinski definition) is 2. The molecule has 1 atom stereocenters. The van der Waals surface area contributed by atoms with Crippen LogP contribution in [0.1, 0.15) is 23.7 Å². The first kappa shape index (κ1) is 25.0. The number of fused-ring (bicyclic) bond motifs is 3. The van der Waals surface area contributed by atoms with Crippen molar-refractivity contribution in [3.8, 4) is 11.6 Å². The summed E-state index contributed by atoms with van der Waals surface area (Å²) in [6, 6.07) is 14.0. The van der Waals surface area contributed by atoms with Gasteiger partial charge >= 0.3 is 6.18 Å². The Balaban J connectivity index is 1.43. The van der Waals surface area contributed by atoms with E-state index < -0.39 is 23.2 Å². The number of carbonyl (C=O) groups is 1. The van der Waals surface area contributed by atoms with Gasteiger partial charge in [-0.25, -0.2) is 9.67 Å². The molecule has 0 fully saturated rings. The first-order chi connectivity index (χ1) is 19.2. The van der Waals surface area contributed by atoms with Gasteiger partial charge in [0.25, 0.3) is 5.91 Å². The van der Waals surface area contributed by atoms with Crippen LogP contribution in [0.2, 0.25) is 0 Å². The largest absolute Gasteiger partial charge is 0.461 e. The van der Waals surface area contributed by atoms with Crippen LogP contribution in [0, 0.1) is 0 Å². The van der Waals surface area contributed by atoms with E-state index in [-0.39, 0.29) is 29.7 Å². The predicted molar refractivity (Wildman–Crippen MR) is 136 cm³/mol. The zero-order chi connectivity index (χ0) is 28.1. The normalized spacial score (nSPS) is 13.5. The van der Waals surface area contributed by atoms with Crippen molar-refractivity contribution < 1.29 is 22.4 Å². The van der Waals surface area contributed by atoms with E-state index in [4.69, 9.17) is 10.2 Å². The van der Waals surface area contributed by atoms with Crippen molar-refractivity contribution in [2.24, 2.45) is 0 Å². The zero-order valence-electron chi connectivity index (χ0n) is 20.8. The van der Waals surface area contributed by atoms with E-state index in [1.54, 1.807) is 49.4 Å². The van der Waals surface area contributed by atoms with Gasteiger partial charge in [-0.2, -0.15) is 27.8 Å². The number of furan rings is 1. The van der Waals surface area contributed by atoms with E-state index in [1.807, 2.05) is 0 Å². The summed E-state index contributed by atoms with van der Waals surface area (Å²) in [5, 5.41) is 12.1. The molecule has 0 spiro atoms. The van der Waals surface area contributed by atoms with E-state index in [0.29, 0.717) is 22.4 Å². The lowest BCUT2D eigenvalue weighted by atomic mass is 9.91. The molecule has 0 saturated heterocycles. The molecule has 0 aliphatic carbocycles. The van der Waals surface area contributed by atoms with Gasteiger partial charge in [0.2, 0.25) is 11.8 Å². The van der Waals surface area contributed by atoms with Crippen LogP contribution in [-0.4, -0.2) is 40.3 Å². The van der Waals surface area contributed by atoms with Gasteiger partial charge < -0.3 is 15.5 Å². The first-order valence-electron chi connectivity index (χ1n) is 12.0. The molecule has 5 aromatic heterocycles. The second-order valence-electron chi connectivity index (χ2n) is 9.07. The van der Waals surface area contributed by atoms with Crippen molar-refractivity contribution in [2.75, 3.05) is 5.73 Å². The quantitative estimate of drug-likeness (QED) is 0.321. The maximum absolute atomic E-state index is 13.8. The number of benzene rings is 1. The van der Waals surface area contributed by atoms with Crippen molar-refractivity contribution in [2.45, 2.75) is 25.2 Å². The fourth-order valence-electron chi connectivity index (χ4n) is 4.45. The molecule has 11 nitrogen and oxygen atoms in total. The number of amides is 1. The lowest BCUT2D eigenvalue weighted by Gasteiger charge is -2.30. The third-order valence-corrected chi connectivity index (χ3v) is 6.55. The summed E-state index contributed by atoms with van der Waals surface area (Å²) in [6.07, 6.45) is -0.492. The summed E-state index contributed by atoms with van der Waals surface area (Å²) >= 11 is 0. The monoisotopic (exact) mass is 547 g/mol. The standard InChI is InChI=1S/C26H20F3N9O2/c1-25(15-6-3-2-4-7-15,23(39)32-13-17-12-16(9-10-31-17)26(27,28)29)38-22-18(14-33-38)21-34-20(19-8-5-11-40-19)36-37(21)24(30)35-22/h2-12,14H,13H2,1H3,(H2,30,35)(H,32,39). The van der Waals surface area contributed by atoms with Gasteiger partial charge in [0.1, 0.15) is 0 Å². The summed E-state index contributed by atoms with van der Waals surface area (Å²) in [5.41, 5.74) is 5.08. The van der Waals surface area contributed by atoms with Crippen LogP contribution in [0.3, 0.4) is 0 Å². The number of carbonyl (C=O) groups excluding carboxylic acids is 1. The van der Waals surface area contributed by atoms with Crippen molar-refractivity contribution in [1.29, 1.82) is 0 Å². The lowest BCUT2D eigenvalue weighted by Crippen LogP contribution is -2.48. The molecule has 14 heteroatoms. The Kier molecular flexibility index (Phi) is 5.75. The van der Waals surface area contributed by atoms with Crippen LogP contribution >= 0.6 is 0 Å². The summed E-state index contributed by atoms with van der Waals surface area (Å²) in [6.45, 7) is 1.38. The minimum absolute atomic E-state index is 0.00135. The van der Waals surface area contributed by atoms with Gasteiger partial charge in [-0.1, -0.05) is 30.3 Å². The minimum atomic E-state index is -4.54. The number of halogens is 3. The summed E-state index contributed by atoms with van der Waals surface area (Å²) < 4.78 is 47.7.